The number of carbonyl (C=O) groups is 1. The predicted molar refractivity (Wildman–Crippen MR) is 101 cm³/mol. The number of benzene rings is 1. The molecule has 0 aliphatic carbocycles. The number of aromatic nitrogens is 1. The molecule has 1 aromatic carbocycles. The first-order valence-electron chi connectivity index (χ1n) is 8.25. The van der Waals surface area contributed by atoms with Gasteiger partial charge in [-0.3, -0.25) is 4.79 Å². The molecule has 0 N–H and O–H groups in total. The van der Waals surface area contributed by atoms with E-state index in [0.717, 1.165) is 9.86 Å². The van der Waals surface area contributed by atoms with Crippen molar-refractivity contribution in [2.45, 2.75) is 0 Å². The fraction of sp³-hybridized carbons (Fsp3) is 0.211. The molecule has 2 aromatic heterocycles. The highest BCUT2D eigenvalue weighted by Gasteiger charge is 2.26. The van der Waals surface area contributed by atoms with Gasteiger partial charge in [-0.15, -0.1) is 0 Å². The summed E-state index contributed by atoms with van der Waals surface area (Å²) in [6.45, 7) is 2.36. The first-order chi connectivity index (χ1) is 12.7. The second-order valence-corrected chi connectivity index (χ2v) is 6.89. The van der Waals surface area contributed by atoms with Crippen LogP contribution < -0.4 is 4.90 Å². The zero-order valence-electron chi connectivity index (χ0n) is 13.9. The molecule has 0 atom stereocenters. The van der Waals surface area contributed by atoms with Crippen LogP contribution in [0.2, 0.25) is 0 Å². The number of hydrogen-bond donors (Lipinski definition) is 0. The highest BCUT2D eigenvalue weighted by Crippen LogP contribution is 2.28. The zero-order valence-corrected chi connectivity index (χ0v) is 15.4. The summed E-state index contributed by atoms with van der Waals surface area (Å²) in [4.78, 5) is 20.9. The molecule has 1 saturated heterocycles. The first-order valence-corrected chi connectivity index (χ1v) is 9.04. The molecule has 4 rings (SSSR count). The number of halogens is 1. The van der Waals surface area contributed by atoms with Crippen molar-refractivity contribution in [2.24, 2.45) is 0 Å². The van der Waals surface area contributed by atoms with Gasteiger partial charge < -0.3 is 14.2 Å². The molecule has 1 aliphatic rings. The Bertz CT molecular complexity index is 1020. The number of piperazine rings is 1. The van der Waals surface area contributed by atoms with Crippen molar-refractivity contribution in [1.82, 2.24) is 9.88 Å². The summed E-state index contributed by atoms with van der Waals surface area (Å²) in [6, 6.07) is 13.2. The molecule has 130 valence electrons. The van der Waals surface area contributed by atoms with E-state index in [4.69, 9.17) is 4.42 Å². The van der Waals surface area contributed by atoms with Gasteiger partial charge in [0.1, 0.15) is 17.5 Å². The van der Waals surface area contributed by atoms with Crippen molar-refractivity contribution in [1.29, 1.82) is 5.26 Å². The van der Waals surface area contributed by atoms with Gasteiger partial charge in [0, 0.05) is 37.8 Å². The lowest BCUT2D eigenvalue weighted by Gasteiger charge is -2.35. The Morgan fingerprint density at radius 3 is 2.73 bits per heavy atom. The summed E-state index contributed by atoms with van der Waals surface area (Å²) in [7, 11) is 0. The highest BCUT2D eigenvalue weighted by molar-refractivity contribution is 9.10. The fourth-order valence-electron chi connectivity index (χ4n) is 3.15. The molecule has 1 aliphatic heterocycles. The molecule has 0 bridgehead atoms. The van der Waals surface area contributed by atoms with Gasteiger partial charge in [0.15, 0.2) is 5.76 Å². The van der Waals surface area contributed by atoms with Gasteiger partial charge in [0.25, 0.3) is 5.91 Å². The molecule has 3 heterocycles. The minimum Gasteiger partial charge on any atom is -0.450 e. The van der Waals surface area contributed by atoms with Crippen LogP contribution in [0.5, 0.6) is 0 Å². The van der Waals surface area contributed by atoms with Crippen LogP contribution in [0.25, 0.3) is 11.0 Å². The Balaban J connectivity index is 1.50. The van der Waals surface area contributed by atoms with Crippen LogP contribution in [0, 0.1) is 11.3 Å². The molecule has 1 amide bonds. The number of nitrogens with zero attached hydrogens (tertiary/aromatic N) is 4. The van der Waals surface area contributed by atoms with Crippen molar-refractivity contribution in [3.8, 4) is 6.07 Å². The Morgan fingerprint density at radius 1 is 1.19 bits per heavy atom. The fourth-order valence-corrected chi connectivity index (χ4v) is 3.61. The number of hydrogen-bond acceptors (Lipinski definition) is 5. The molecule has 1 fully saturated rings. The molecule has 26 heavy (non-hydrogen) atoms. The SMILES string of the molecule is N#Cc1cccnc1N1CCN(C(=O)c2cc3cccc(Br)c3o2)CC1. The van der Waals surface area contributed by atoms with Crippen LogP contribution >= 0.6 is 15.9 Å². The van der Waals surface area contributed by atoms with Crippen LogP contribution in [-0.2, 0) is 0 Å². The highest BCUT2D eigenvalue weighted by atomic mass is 79.9. The maximum absolute atomic E-state index is 12.8. The number of fused-ring (bicyclic) bond motifs is 1. The average Bonchev–Trinajstić information content (AvgIpc) is 3.13. The van der Waals surface area contributed by atoms with Gasteiger partial charge in [-0.25, -0.2) is 4.98 Å². The second-order valence-electron chi connectivity index (χ2n) is 6.03. The van der Waals surface area contributed by atoms with E-state index in [1.165, 1.54) is 0 Å². The minimum absolute atomic E-state index is 0.116. The molecule has 0 unspecified atom stereocenters. The van der Waals surface area contributed by atoms with Crippen LogP contribution in [0.4, 0.5) is 5.82 Å². The number of carbonyl (C=O) groups excluding carboxylic acids is 1. The van der Waals surface area contributed by atoms with Crippen molar-refractivity contribution < 1.29 is 9.21 Å². The maximum Gasteiger partial charge on any atom is 0.289 e. The van der Waals surface area contributed by atoms with Gasteiger partial charge in [0.05, 0.1) is 10.0 Å². The molecule has 7 heteroatoms. The van der Waals surface area contributed by atoms with Gasteiger partial charge in [-0.05, 0) is 40.2 Å². The third kappa shape index (κ3) is 2.93. The number of pyridine rings is 1. The summed E-state index contributed by atoms with van der Waals surface area (Å²) >= 11 is 3.44. The summed E-state index contributed by atoms with van der Waals surface area (Å²) in [5.41, 5.74) is 1.23. The lowest BCUT2D eigenvalue weighted by Crippen LogP contribution is -2.49. The summed E-state index contributed by atoms with van der Waals surface area (Å²) in [5, 5.41) is 10.1. The topological polar surface area (TPSA) is 73.4 Å². The molecule has 0 radical (unpaired) electrons. The largest absolute Gasteiger partial charge is 0.450 e. The van der Waals surface area contributed by atoms with Gasteiger partial charge >= 0.3 is 0 Å². The number of amides is 1. The van der Waals surface area contributed by atoms with Crippen LogP contribution in [0.1, 0.15) is 16.1 Å². The Kier molecular flexibility index (Phi) is 4.35. The summed E-state index contributed by atoms with van der Waals surface area (Å²) < 4.78 is 6.59. The van der Waals surface area contributed by atoms with Gasteiger partial charge in [-0.1, -0.05) is 12.1 Å². The van der Waals surface area contributed by atoms with E-state index < -0.39 is 0 Å². The van der Waals surface area contributed by atoms with E-state index in [1.807, 2.05) is 23.1 Å². The zero-order chi connectivity index (χ0) is 18.1. The lowest BCUT2D eigenvalue weighted by molar-refractivity contribution is 0.0717. The average molecular weight is 411 g/mol. The summed E-state index contributed by atoms with van der Waals surface area (Å²) in [6.07, 6.45) is 1.68. The normalized spacial score (nSPS) is 14.5. The Hall–Kier alpha value is -2.85. The number of furan rings is 1. The van der Waals surface area contributed by atoms with E-state index in [2.05, 4.69) is 27.0 Å². The van der Waals surface area contributed by atoms with Crippen molar-refractivity contribution >= 4 is 38.6 Å². The first kappa shape index (κ1) is 16.6. The monoisotopic (exact) mass is 410 g/mol. The summed E-state index contributed by atoms with van der Waals surface area (Å²) in [5.74, 6) is 0.903. The standard InChI is InChI=1S/C19H15BrN4O2/c20-15-5-1-3-13-11-16(26-17(13)15)19(25)24-9-7-23(8-10-24)18-14(12-21)4-2-6-22-18/h1-6,11H,7-10H2. The van der Waals surface area contributed by atoms with Gasteiger partial charge in [0.2, 0.25) is 0 Å². The maximum atomic E-state index is 12.8. The van der Waals surface area contributed by atoms with Crippen molar-refractivity contribution in [3.63, 3.8) is 0 Å². The van der Waals surface area contributed by atoms with E-state index in [-0.39, 0.29) is 5.91 Å². The number of para-hydroxylation sites is 1. The number of anilines is 1. The lowest BCUT2D eigenvalue weighted by atomic mass is 10.2. The van der Waals surface area contributed by atoms with Crippen LogP contribution in [0.15, 0.2) is 51.5 Å². The van der Waals surface area contributed by atoms with E-state index >= 15 is 0 Å². The third-order valence-electron chi connectivity index (χ3n) is 4.48. The van der Waals surface area contributed by atoms with E-state index in [9.17, 15) is 10.1 Å². The van der Waals surface area contributed by atoms with Crippen molar-refractivity contribution in [3.05, 3.63) is 58.4 Å². The minimum atomic E-state index is -0.116. The predicted octanol–water partition coefficient (Wildman–Crippen LogP) is 3.42. The molecular formula is C19H15BrN4O2. The molecule has 3 aromatic rings. The molecular weight excluding hydrogens is 396 g/mol. The Labute approximate surface area is 158 Å². The quantitative estimate of drug-likeness (QED) is 0.646. The molecule has 0 spiro atoms. The third-order valence-corrected chi connectivity index (χ3v) is 5.10. The van der Waals surface area contributed by atoms with Gasteiger partial charge in [-0.2, -0.15) is 5.26 Å². The van der Waals surface area contributed by atoms with Crippen molar-refractivity contribution in [2.75, 3.05) is 31.1 Å². The van der Waals surface area contributed by atoms with E-state index in [0.29, 0.717) is 48.9 Å². The Morgan fingerprint density at radius 2 is 2.00 bits per heavy atom. The second kappa shape index (κ2) is 6.81. The van der Waals surface area contributed by atoms with Crippen LogP contribution in [-0.4, -0.2) is 42.0 Å². The van der Waals surface area contributed by atoms with Crippen LogP contribution in [0.3, 0.4) is 0 Å². The number of rotatable bonds is 2. The molecule has 0 saturated carbocycles. The smallest absolute Gasteiger partial charge is 0.289 e. The molecule has 6 nitrogen and oxygen atoms in total. The van der Waals surface area contributed by atoms with E-state index in [1.54, 1.807) is 29.3 Å². The number of nitriles is 1.